The van der Waals surface area contributed by atoms with Crippen LogP contribution in [0.2, 0.25) is 0 Å². The van der Waals surface area contributed by atoms with Crippen LogP contribution in [0.3, 0.4) is 0 Å². The molecule has 0 aromatic heterocycles. The third kappa shape index (κ3) is 7.04. The summed E-state index contributed by atoms with van der Waals surface area (Å²) in [5.41, 5.74) is 0.961. The van der Waals surface area contributed by atoms with E-state index in [-0.39, 0.29) is 30.5 Å². The van der Waals surface area contributed by atoms with Gasteiger partial charge in [0.05, 0.1) is 12.1 Å². The van der Waals surface area contributed by atoms with Crippen molar-refractivity contribution in [3.63, 3.8) is 0 Å². The fourth-order valence-corrected chi connectivity index (χ4v) is 1.97. The van der Waals surface area contributed by atoms with Crippen molar-refractivity contribution >= 4 is 11.9 Å². The normalized spacial score (nSPS) is 11.7. The largest absolute Gasteiger partial charge is 0.491 e. The van der Waals surface area contributed by atoms with E-state index in [0.717, 1.165) is 11.3 Å². The first-order chi connectivity index (χ1) is 10.8. The zero-order chi connectivity index (χ0) is 17.4. The molecule has 0 heterocycles. The zero-order valence-electron chi connectivity index (χ0n) is 14.6. The summed E-state index contributed by atoms with van der Waals surface area (Å²) in [5.74, 6) is 0.764. The minimum absolute atomic E-state index is 0.0168. The van der Waals surface area contributed by atoms with Gasteiger partial charge in [-0.2, -0.15) is 0 Å². The zero-order valence-corrected chi connectivity index (χ0v) is 14.6. The Labute approximate surface area is 138 Å². The molecule has 0 aliphatic rings. The number of rotatable bonds is 7. The highest BCUT2D eigenvalue weighted by Crippen LogP contribution is 2.19. The molecule has 6 nitrogen and oxygen atoms in total. The van der Waals surface area contributed by atoms with Crippen LogP contribution in [0.1, 0.15) is 38.8 Å². The monoisotopic (exact) mass is 321 g/mol. The van der Waals surface area contributed by atoms with Gasteiger partial charge >= 0.3 is 6.03 Å². The van der Waals surface area contributed by atoms with Crippen LogP contribution >= 0.6 is 0 Å². The van der Waals surface area contributed by atoms with Gasteiger partial charge in [0.15, 0.2) is 0 Å². The second-order valence-electron chi connectivity index (χ2n) is 5.90. The van der Waals surface area contributed by atoms with Crippen LogP contribution in [0.5, 0.6) is 5.75 Å². The van der Waals surface area contributed by atoms with Crippen LogP contribution < -0.4 is 15.4 Å². The van der Waals surface area contributed by atoms with E-state index in [1.807, 2.05) is 45.0 Å². The molecule has 6 heteroatoms. The Bertz CT molecular complexity index is 530. The van der Waals surface area contributed by atoms with Crippen molar-refractivity contribution in [3.8, 4) is 5.75 Å². The number of nitrogens with one attached hydrogen (secondary N) is 2. The van der Waals surface area contributed by atoms with Crippen LogP contribution in [-0.4, -0.2) is 43.6 Å². The quantitative estimate of drug-likeness (QED) is 0.809. The third-order valence-electron chi connectivity index (χ3n) is 3.20. The molecule has 0 saturated carbocycles. The molecular weight excluding hydrogens is 294 g/mol. The molecule has 0 spiro atoms. The van der Waals surface area contributed by atoms with Gasteiger partial charge in [0.2, 0.25) is 5.91 Å². The Balaban J connectivity index is 2.47. The number of hydrogen-bond donors (Lipinski definition) is 2. The molecule has 0 saturated heterocycles. The molecule has 0 radical (unpaired) electrons. The van der Waals surface area contributed by atoms with Crippen molar-refractivity contribution < 1.29 is 14.3 Å². The average Bonchev–Trinajstić information content (AvgIpc) is 2.46. The first kappa shape index (κ1) is 18.8. The van der Waals surface area contributed by atoms with Gasteiger partial charge in [-0.15, -0.1) is 0 Å². The van der Waals surface area contributed by atoms with Gasteiger partial charge in [-0.1, -0.05) is 12.1 Å². The van der Waals surface area contributed by atoms with Gasteiger partial charge in [-0.3, -0.25) is 4.79 Å². The predicted octanol–water partition coefficient (Wildman–Crippen LogP) is 2.31. The van der Waals surface area contributed by atoms with E-state index in [9.17, 15) is 9.59 Å². The molecule has 2 N–H and O–H groups in total. The smallest absolute Gasteiger partial charge is 0.315 e. The van der Waals surface area contributed by atoms with E-state index < -0.39 is 0 Å². The molecule has 1 aromatic carbocycles. The maximum absolute atomic E-state index is 11.9. The first-order valence-electron chi connectivity index (χ1n) is 7.80. The number of carbonyl (C=O) groups excluding carboxylic acids is 2. The van der Waals surface area contributed by atoms with Crippen molar-refractivity contribution in [1.29, 1.82) is 0 Å². The lowest BCUT2D eigenvalue weighted by Gasteiger charge is -2.17. The molecular formula is C17H27N3O3. The van der Waals surface area contributed by atoms with E-state index in [2.05, 4.69) is 10.6 Å². The van der Waals surface area contributed by atoms with E-state index in [4.69, 9.17) is 4.74 Å². The fraction of sp³-hybridized carbons (Fsp3) is 0.529. The third-order valence-corrected chi connectivity index (χ3v) is 3.20. The van der Waals surface area contributed by atoms with Gasteiger partial charge in [0.1, 0.15) is 5.75 Å². The minimum Gasteiger partial charge on any atom is -0.491 e. The van der Waals surface area contributed by atoms with E-state index in [1.54, 1.807) is 14.1 Å². The van der Waals surface area contributed by atoms with Gasteiger partial charge in [-0.05, 0) is 38.5 Å². The molecule has 0 fully saturated rings. The average molecular weight is 321 g/mol. The van der Waals surface area contributed by atoms with Gasteiger partial charge in [-0.25, -0.2) is 4.79 Å². The van der Waals surface area contributed by atoms with Crippen LogP contribution in [-0.2, 0) is 4.79 Å². The van der Waals surface area contributed by atoms with Crippen molar-refractivity contribution in [2.45, 2.75) is 39.3 Å². The summed E-state index contributed by atoms with van der Waals surface area (Å²) in [6.07, 6.45) is 0.387. The highest BCUT2D eigenvalue weighted by atomic mass is 16.5. The molecule has 128 valence electrons. The van der Waals surface area contributed by atoms with Gasteiger partial charge < -0.3 is 20.3 Å². The second-order valence-corrected chi connectivity index (χ2v) is 5.90. The van der Waals surface area contributed by atoms with Crippen LogP contribution in [0.4, 0.5) is 4.79 Å². The Hall–Kier alpha value is -2.24. The lowest BCUT2D eigenvalue weighted by atomic mass is 10.1. The van der Waals surface area contributed by atoms with E-state index in [0.29, 0.717) is 6.54 Å². The number of ether oxygens (including phenoxy) is 1. The molecule has 0 aliphatic heterocycles. The lowest BCUT2D eigenvalue weighted by Crippen LogP contribution is -2.38. The standard InChI is InChI=1S/C17H27N3O3/c1-12(2)23-15-8-6-7-14(11-15)13(3)19-17(22)18-10-9-16(21)20(4)5/h6-8,11-13H,9-10H2,1-5H3,(H2,18,19,22). The summed E-state index contributed by atoms with van der Waals surface area (Å²) >= 11 is 0. The van der Waals surface area contributed by atoms with Gasteiger partial charge in [0.25, 0.3) is 0 Å². The molecule has 0 bridgehead atoms. The van der Waals surface area contributed by atoms with Crippen LogP contribution in [0.25, 0.3) is 0 Å². The molecule has 3 amide bonds. The SMILES string of the molecule is CC(C)Oc1cccc(C(C)NC(=O)NCCC(=O)N(C)C)c1. The minimum atomic E-state index is -0.292. The lowest BCUT2D eigenvalue weighted by molar-refractivity contribution is -0.128. The van der Waals surface area contributed by atoms with Crippen molar-refractivity contribution in [2.75, 3.05) is 20.6 Å². The number of nitrogens with zero attached hydrogens (tertiary/aromatic N) is 1. The highest BCUT2D eigenvalue weighted by Gasteiger charge is 2.11. The summed E-state index contributed by atoms with van der Waals surface area (Å²) in [5, 5.41) is 5.54. The second kappa shape index (κ2) is 9.02. The van der Waals surface area contributed by atoms with Crippen molar-refractivity contribution in [2.24, 2.45) is 0 Å². The molecule has 1 rings (SSSR count). The summed E-state index contributed by atoms with van der Waals surface area (Å²) in [6, 6.07) is 7.20. The maximum atomic E-state index is 11.9. The molecule has 23 heavy (non-hydrogen) atoms. The summed E-state index contributed by atoms with van der Waals surface area (Å²) < 4.78 is 5.65. The Kier molecular flexibility index (Phi) is 7.38. The summed E-state index contributed by atoms with van der Waals surface area (Å²) in [4.78, 5) is 24.8. The molecule has 1 atom stereocenters. The maximum Gasteiger partial charge on any atom is 0.315 e. The number of hydrogen-bond acceptors (Lipinski definition) is 3. The fourth-order valence-electron chi connectivity index (χ4n) is 1.97. The number of urea groups is 1. The highest BCUT2D eigenvalue weighted by molar-refractivity contribution is 5.78. The number of amides is 3. The van der Waals surface area contributed by atoms with Crippen molar-refractivity contribution in [1.82, 2.24) is 15.5 Å². The van der Waals surface area contributed by atoms with E-state index >= 15 is 0 Å². The van der Waals surface area contributed by atoms with E-state index in [1.165, 1.54) is 4.90 Å². The Morgan fingerprint density at radius 3 is 2.52 bits per heavy atom. The van der Waals surface area contributed by atoms with Crippen LogP contribution in [0, 0.1) is 0 Å². The summed E-state index contributed by atoms with van der Waals surface area (Å²) in [6.45, 7) is 6.15. The molecule has 0 aliphatic carbocycles. The van der Waals surface area contributed by atoms with Gasteiger partial charge in [0, 0.05) is 27.1 Å². The predicted molar refractivity (Wildman–Crippen MR) is 90.5 cm³/mol. The Morgan fingerprint density at radius 2 is 1.91 bits per heavy atom. The Morgan fingerprint density at radius 1 is 1.22 bits per heavy atom. The first-order valence-corrected chi connectivity index (χ1v) is 7.80. The van der Waals surface area contributed by atoms with Crippen molar-refractivity contribution in [3.05, 3.63) is 29.8 Å². The molecule has 1 aromatic rings. The summed E-state index contributed by atoms with van der Waals surface area (Å²) in [7, 11) is 3.38. The molecule has 1 unspecified atom stereocenters. The number of carbonyl (C=O) groups is 2. The topological polar surface area (TPSA) is 70.7 Å². The number of benzene rings is 1. The van der Waals surface area contributed by atoms with Crippen LogP contribution in [0.15, 0.2) is 24.3 Å².